The van der Waals surface area contributed by atoms with Crippen LogP contribution in [-0.4, -0.2) is 61.3 Å². The highest BCUT2D eigenvalue weighted by molar-refractivity contribution is 5.93. The molecule has 8 nitrogen and oxygen atoms in total. The molecule has 1 amide bonds. The average molecular weight is 492 g/mol. The molecular formula is C23H24F4N6O2. The van der Waals surface area contributed by atoms with Crippen molar-refractivity contribution in [3.8, 4) is 5.82 Å². The van der Waals surface area contributed by atoms with Crippen molar-refractivity contribution in [2.45, 2.75) is 57.5 Å². The quantitative estimate of drug-likeness (QED) is 0.499. The summed E-state index contributed by atoms with van der Waals surface area (Å²) in [5, 5.41) is -0.202. The van der Waals surface area contributed by atoms with Crippen molar-refractivity contribution in [2.75, 3.05) is 18.0 Å². The zero-order chi connectivity index (χ0) is 25.1. The molecule has 0 spiro atoms. The monoisotopic (exact) mass is 492 g/mol. The van der Waals surface area contributed by atoms with Crippen molar-refractivity contribution in [1.29, 1.82) is 0 Å². The number of carbonyl (C=O) groups is 1. The minimum Gasteiger partial charge on any atom is -0.443 e. The molecule has 186 valence electrons. The summed E-state index contributed by atoms with van der Waals surface area (Å²) in [7, 11) is 0. The Morgan fingerprint density at radius 3 is 2.54 bits per heavy atom. The Hall–Kier alpha value is -3.44. The number of hydrogen-bond donors (Lipinski definition) is 0. The number of carbonyl (C=O) groups excluding carboxylic acids is 1. The number of rotatable bonds is 3. The van der Waals surface area contributed by atoms with E-state index in [1.54, 1.807) is 9.80 Å². The lowest BCUT2D eigenvalue weighted by atomic mass is 10.1. The first-order chi connectivity index (χ1) is 16.5. The van der Waals surface area contributed by atoms with Gasteiger partial charge >= 0.3 is 12.3 Å². The van der Waals surface area contributed by atoms with Crippen LogP contribution in [0.2, 0.25) is 0 Å². The summed E-state index contributed by atoms with van der Waals surface area (Å²) in [5.41, 5.74) is -1.41. The van der Waals surface area contributed by atoms with Gasteiger partial charge in [-0.2, -0.15) is 13.2 Å². The van der Waals surface area contributed by atoms with Crippen molar-refractivity contribution in [3.05, 3.63) is 42.2 Å². The molecule has 0 bridgehead atoms. The Labute approximate surface area is 198 Å². The third-order valence-electron chi connectivity index (χ3n) is 6.60. The molecule has 1 aliphatic heterocycles. The predicted molar refractivity (Wildman–Crippen MR) is 119 cm³/mol. The average Bonchev–Trinajstić information content (AvgIpc) is 3.36. The lowest BCUT2D eigenvalue weighted by Crippen LogP contribution is -2.59. The number of pyridine rings is 1. The topological polar surface area (TPSA) is 76.4 Å². The molecule has 4 heterocycles. The van der Waals surface area contributed by atoms with Gasteiger partial charge in [0.15, 0.2) is 5.65 Å². The number of ether oxygens (including phenoxy) is 1. The number of halogens is 4. The number of aromatic nitrogens is 4. The third kappa shape index (κ3) is 4.25. The first-order valence-electron chi connectivity index (χ1n) is 11.3. The van der Waals surface area contributed by atoms with Gasteiger partial charge in [-0.05, 0) is 39.7 Å². The van der Waals surface area contributed by atoms with E-state index in [-0.39, 0.29) is 47.8 Å². The van der Waals surface area contributed by atoms with Gasteiger partial charge < -0.3 is 14.5 Å². The van der Waals surface area contributed by atoms with E-state index in [0.29, 0.717) is 0 Å². The molecule has 1 aliphatic carbocycles. The highest BCUT2D eigenvalue weighted by Gasteiger charge is 2.45. The van der Waals surface area contributed by atoms with Gasteiger partial charge in [0, 0.05) is 43.6 Å². The van der Waals surface area contributed by atoms with Crippen LogP contribution in [0.15, 0.2) is 30.9 Å². The predicted octanol–water partition coefficient (Wildman–Crippen LogP) is 4.56. The van der Waals surface area contributed by atoms with Gasteiger partial charge in [0.1, 0.15) is 29.4 Å². The van der Waals surface area contributed by atoms with Gasteiger partial charge in [-0.15, -0.1) is 0 Å². The van der Waals surface area contributed by atoms with E-state index >= 15 is 0 Å². The maximum atomic E-state index is 14.1. The molecular weight excluding hydrogens is 468 g/mol. The van der Waals surface area contributed by atoms with Gasteiger partial charge in [0.25, 0.3) is 0 Å². The Kier molecular flexibility index (Phi) is 5.37. The number of piperazine rings is 1. The summed E-state index contributed by atoms with van der Waals surface area (Å²) >= 11 is 0. The fourth-order valence-electron chi connectivity index (χ4n) is 4.40. The van der Waals surface area contributed by atoms with Gasteiger partial charge in [-0.3, -0.25) is 4.57 Å². The number of hydrogen-bond acceptors (Lipinski definition) is 6. The van der Waals surface area contributed by atoms with Crippen LogP contribution in [0.5, 0.6) is 0 Å². The van der Waals surface area contributed by atoms with Gasteiger partial charge in [0.2, 0.25) is 0 Å². The van der Waals surface area contributed by atoms with E-state index in [4.69, 9.17) is 4.74 Å². The third-order valence-corrected chi connectivity index (χ3v) is 6.60. The second kappa shape index (κ2) is 8.06. The van der Waals surface area contributed by atoms with Crippen LogP contribution in [-0.2, 0) is 10.9 Å². The smallest absolute Gasteiger partial charge is 0.418 e. The molecule has 5 rings (SSSR count). The van der Waals surface area contributed by atoms with Crippen molar-refractivity contribution < 1.29 is 27.1 Å². The zero-order valence-electron chi connectivity index (χ0n) is 19.4. The molecule has 3 aromatic heterocycles. The first-order valence-corrected chi connectivity index (χ1v) is 11.3. The lowest BCUT2D eigenvalue weighted by Gasteiger charge is -2.44. The molecule has 0 radical (unpaired) electrons. The molecule has 35 heavy (non-hydrogen) atoms. The molecule has 2 aliphatic rings. The fourth-order valence-corrected chi connectivity index (χ4v) is 4.40. The van der Waals surface area contributed by atoms with Crippen LogP contribution in [0.4, 0.5) is 28.2 Å². The maximum Gasteiger partial charge on any atom is 0.418 e. The molecule has 1 saturated heterocycles. The summed E-state index contributed by atoms with van der Waals surface area (Å²) in [6.45, 7) is 6.02. The fraction of sp³-hybridized carbons (Fsp3) is 0.478. The molecule has 2 fully saturated rings. The number of anilines is 1. The number of nitrogens with zero attached hydrogens (tertiary/aromatic N) is 6. The summed E-state index contributed by atoms with van der Waals surface area (Å²) in [4.78, 5) is 28.4. The highest BCUT2D eigenvalue weighted by atomic mass is 19.4. The number of amides is 1. The minimum absolute atomic E-state index is 0.0299. The van der Waals surface area contributed by atoms with Crippen LogP contribution in [0.3, 0.4) is 0 Å². The Bertz CT molecular complexity index is 1290. The minimum atomic E-state index is -4.71. The van der Waals surface area contributed by atoms with Crippen LogP contribution in [0, 0.1) is 5.82 Å². The molecule has 3 aromatic rings. The second-order valence-corrected chi connectivity index (χ2v) is 9.46. The summed E-state index contributed by atoms with van der Waals surface area (Å²) in [5.74, 6) is -0.568. The number of alkyl halides is 3. The SMILES string of the molecule is C[C@@H]1CN(c2ncnc3c2c(C(F)(F)F)cn3-c2cc(F)ccn2)[C@@H](C)CN1C(=O)OC1(C)CC1. The van der Waals surface area contributed by atoms with E-state index in [1.165, 1.54) is 12.5 Å². The van der Waals surface area contributed by atoms with Gasteiger partial charge in [0.05, 0.1) is 10.9 Å². The lowest BCUT2D eigenvalue weighted by molar-refractivity contribution is -0.136. The van der Waals surface area contributed by atoms with E-state index in [2.05, 4.69) is 15.0 Å². The van der Waals surface area contributed by atoms with Crippen LogP contribution >= 0.6 is 0 Å². The largest absolute Gasteiger partial charge is 0.443 e. The summed E-state index contributed by atoms with van der Waals surface area (Å²) in [6, 6.07) is 1.47. The van der Waals surface area contributed by atoms with E-state index < -0.39 is 29.3 Å². The van der Waals surface area contributed by atoms with Crippen molar-refractivity contribution in [2.24, 2.45) is 0 Å². The van der Waals surface area contributed by atoms with Gasteiger partial charge in [-0.1, -0.05) is 0 Å². The maximum absolute atomic E-state index is 14.1. The molecule has 0 aromatic carbocycles. The molecule has 1 saturated carbocycles. The van der Waals surface area contributed by atoms with Crippen molar-refractivity contribution in [1.82, 2.24) is 24.4 Å². The van der Waals surface area contributed by atoms with Crippen LogP contribution in [0.1, 0.15) is 39.2 Å². The molecule has 0 unspecified atom stereocenters. The standard InChI is InChI=1S/C23H24F4N6O2/c1-13-10-32(21(34)35-22(3)5-6-22)14(2)9-31(13)19-18-16(23(25,26)27)11-33(20(18)30-12-29-19)17-8-15(24)4-7-28-17/h4,7-8,11-14H,5-6,9-10H2,1-3H3/t13-,14+/m0/s1. The second-order valence-electron chi connectivity index (χ2n) is 9.46. The highest BCUT2D eigenvalue weighted by Crippen LogP contribution is 2.42. The number of fused-ring (bicyclic) bond motifs is 1. The van der Waals surface area contributed by atoms with E-state index in [1.807, 2.05) is 20.8 Å². The van der Waals surface area contributed by atoms with Crippen molar-refractivity contribution >= 4 is 22.9 Å². The van der Waals surface area contributed by atoms with Crippen LogP contribution < -0.4 is 4.90 Å². The summed E-state index contributed by atoms with van der Waals surface area (Å²) < 4.78 is 62.9. The first kappa shape index (κ1) is 23.3. The molecule has 0 N–H and O–H groups in total. The normalized spacial score (nSPS) is 21.9. The molecule has 2 atom stereocenters. The van der Waals surface area contributed by atoms with Gasteiger partial charge in [-0.25, -0.2) is 24.1 Å². The molecule has 12 heteroatoms. The Balaban J connectivity index is 1.55. The van der Waals surface area contributed by atoms with Crippen molar-refractivity contribution in [3.63, 3.8) is 0 Å². The van der Waals surface area contributed by atoms with E-state index in [0.717, 1.165) is 35.7 Å². The van der Waals surface area contributed by atoms with Crippen LogP contribution in [0.25, 0.3) is 16.9 Å². The summed E-state index contributed by atoms with van der Waals surface area (Å²) in [6.07, 6.45) is -0.275. The van der Waals surface area contributed by atoms with E-state index in [9.17, 15) is 22.4 Å². The zero-order valence-corrected chi connectivity index (χ0v) is 19.4. The Morgan fingerprint density at radius 2 is 1.89 bits per heavy atom. The Morgan fingerprint density at radius 1 is 1.14 bits per heavy atom.